The molecule has 0 fully saturated rings. The molecule has 2 aromatic carbocycles. The van der Waals surface area contributed by atoms with E-state index in [9.17, 15) is 18.4 Å². The number of H-pyrrole nitrogens is 1. The number of nitrogens with zero attached hydrogens (tertiary/aromatic N) is 2. The first kappa shape index (κ1) is 16.6. The van der Waals surface area contributed by atoms with Crippen LogP contribution in [0.25, 0.3) is 27.8 Å². The molecule has 3 N–H and O–H groups in total. The van der Waals surface area contributed by atoms with E-state index in [1.54, 1.807) is 12.1 Å². The molecular weight excluding hydrogens is 354 g/mol. The molecule has 0 saturated carbocycles. The van der Waals surface area contributed by atoms with Crippen LogP contribution < -0.4 is 11.3 Å². The monoisotopic (exact) mass is 366 g/mol. The van der Waals surface area contributed by atoms with Gasteiger partial charge in [-0.3, -0.25) is 9.59 Å². The summed E-state index contributed by atoms with van der Waals surface area (Å²) in [6.07, 6.45) is 1.38. The standard InChI is InChI=1S/C19H12F2N4O2/c20-12-2-1-3-13(21)17(12)25-14-8-9-23-19(27)15(14)16(24-25)10-4-6-11(7-5-10)18(22)26/h1-9H,(H2,22,26)(H,23,27). The van der Waals surface area contributed by atoms with Crippen molar-refractivity contribution >= 4 is 16.8 Å². The van der Waals surface area contributed by atoms with E-state index in [1.807, 2.05) is 0 Å². The number of fused-ring (bicyclic) bond motifs is 1. The normalized spacial score (nSPS) is 11.0. The Hall–Kier alpha value is -3.81. The summed E-state index contributed by atoms with van der Waals surface area (Å²) < 4.78 is 29.6. The Kier molecular flexibility index (Phi) is 3.80. The number of hydrogen-bond donors (Lipinski definition) is 2. The smallest absolute Gasteiger partial charge is 0.259 e. The van der Waals surface area contributed by atoms with Gasteiger partial charge >= 0.3 is 0 Å². The Bertz CT molecular complexity index is 1220. The number of carbonyl (C=O) groups is 1. The minimum atomic E-state index is -0.810. The molecule has 6 nitrogen and oxygen atoms in total. The predicted molar refractivity (Wildman–Crippen MR) is 95.6 cm³/mol. The molecule has 8 heteroatoms. The van der Waals surface area contributed by atoms with E-state index in [0.29, 0.717) is 5.56 Å². The number of benzene rings is 2. The molecule has 0 saturated heterocycles. The summed E-state index contributed by atoms with van der Waals surface area (Å²) in [5.41, 5.74) is 5.66. The zero-order valence-corrected chi connectivity index (χ0v) is 13.7. The van der Waals surface area contributed by atoms with Crippen LogP contribution in [-0.4, -0.2) is 20.7 Å². The van der Waals surface area contributed by atoms with Crippen molar-refractivity contribution in [1.82, 2.24) is 14.8 Å². The number of nitrogens with one attached hydrogen (secondary N) is 1. The van der Waals surface area contributed by atoms with Crippen molar-refractivity contribution in [3.8, 4) is 16.9 Å². The summed E-state index contributed by atoms with van der Waals surface area (Å²) in [6, 6.07) is 11.1. The molecule has 0 spiro atoms. The van der Waals surface area contributed by atoms with Gasteiger partial charge in [-0.15, -0.1) is 0 Å². The molecule has 4 aromatic rings. The highest BCUT2D eigenvalue weighted by Crippen LogP contribution is 2.29. The van der Waals surface area contributed by atoms with Crippen LogP contribution in [0.3, 0.4) is 0 Å². The van der Waals surface area contributed by atoms with Gasteiger partial charge in [0.15, 0.2) is 11.6 Å². The average molecular weight is 366 g/mol. The zero-order chi connectivity index (χ0) is 19.1. The van der Waals surface area contributed by atoms with Gasteiger partial charge in [-0.25, -0.2) is 13.5 Å². The first-order chi connectivity index (χ1) is 13.0. The van der Waals surface area contributed by atoms with E-state index >= 15 is 0 Å². The topological polar surface area (TPSA) is 93.8 Å². The number of pyridine rings is 1. The first-order valence-corrected chi connectivity index (χ1v) is 7.92. The van der Waals surface area contributed by atoms with Crippen LogP contribution in [0.15, 0.2) is 59.5 Å². The molecule has 0 aliphatic rings. The third kappa shape index (κ3) is 2.67. The highest BCUT2D eigenvalue weighted by molar-refractivity contribution is 5.96. The molecule has 1 amide bonds. The largest absolute Gasteiger partial charge is 0.366 e. The fourth-order valence-electron chi connectivity index (χ4n) is 2.93. The Morgan fingerprint density at radius 3 is 2.33 bits per heavy atom. The maximum Gasteiger partial charge on any atom is 0.259 e. The lowest BCUT2D eigenvalue weighted by molar-refractivity contribution is 0.100. The van der Waals surface area contributed by atoms with Gasteiger partial charge in [0.1, 0.15) is 11.4 Å². The lowest BCUT2D eigenvalue weighted by atomic mass is 10.1. The third-order valence-electron chi connectivity index (χ3n) is 4.20. The molecule has 2 heterocycles. The van der Waals surface area contributed by atoms with Crippen molar-refractivity contribution in [2.45, 2.75) is 0 Å². The van der Waals surface area contributed by atoms with Crippen molar-refractivity contribution in [1.29, 1.82) is 0 Å². The summed E-state index contributed by atoms with van der Waals surface area (Å²) in [4.78, 5) is 26.2. The van der Waals surface area contributed by atoms with Gasteiger partial charge in [-0.05, 0) is 30.3 Å². The summed E-state index contributed by atoms with van der Waals surface area (Å²) in [6.45, 7) is 0. The van der Waals surface area contributed by atoms with Crippen LogP contribution in [0.1, 0.15) is 10.4 Å². The number of aromatic nitrogens is 3. The second-order valence-electron chi connectivity index (χ2n) is 5.84. The Labute approximate surface area is 150 Å². The highest BCUT2D eigenvalue weighted by atomic mass is 19.1. The van der Waals surface area contributed by atoms with E-state index in [4.69, 9.17) is 5.73 Å². The van der Waals surface area contributed by atoms with Crippen LogP contribution in [0.2, 0.25) is 0 Å². The number of primary amides is 1. The van der Waals surface area contributed by atoms with Crippen molar-refractivity contribution < 1.29 is 13.6 Å². The van der Waals surface area contributed by atoms with Crippen LogP contribution in [0.5, 0.6) is 0 Å². The molecule has 0 aliphatic heterocycles. The third-order valence-corrected chi connectivity index (χ3v) is 4.20. The fraction of sp³-hybridized carbons (Fsp3) is 0. The minimum Gasteiger partial charge on any atom is -0.366 e. The fourth-order valence-corrected chi connectivity index (χ4v) is 2.93. The van der Waals surface area contributed by atoms with Gasteiger partial charge in [0.25, 0.3) is 5.56 Å². The predicted octanol–water partition coefficient (Wildman–Crippen LogP) is 2.76. The van der Waals surface area contributed by atoms with Crippen LogP contribution in [0.4, 0.5) is 8.78 Å². The Morgan fingerprint density at radius 1 is 1.04 bits per heavy atom. The molecule has 0 aliphatic carbocycles. The highest BCUT2D eigenvalue weighted by Gasteiger charge is 2.20. The first-order valence-electron chi connectivity index (χ1n) is 7.92. The maximum absolute atomic E-state index is 14.3. The van der Waals surface area contributed by atoms with Gasteiger partial charge in [0.2, 0.25) is 5.91 Å². The second kappa shape index (κ2) is 6.17. The van der Waals surface area contributed by atoms with Crippen LogP contribution >= 0.6 is 0 Å². The average Bonchev–Trinajstić information content (AvgIpc) is 3.02. The SMILES string of the molecule is NC(=O)c1ccc(-c2nn(-c3c(F)cccc3F)c3cc[nH]c(=O)c23)cc1. The molecule has 0 atom stereocenters. The van der Waals surface area contributed by atoms with Crippen molar-refractivity contribution in [3.63, 3.8) is 0 Å². The van der Waals surface area contributed by atoms with Crippen molar-refractivity contribution in [2.75, 3.05) is 0 Å². The van der Waals surface area contributed by atoms with Gasteiger partial charge in [-0.2, -0.15) is 5.10 Å². The van der Waals surface area contributed by atoms with Crippen LogP contribution in [-0.2, 0) is 0 Å². The van der Waals surface area contributed by atoms with Crippen LogP contribution in [0, 0.1) is 11.6 Å². The quantitative estimate of drug-likeness (QED) is 0.584. The summed E-state index contributed by atoms with van der Waals surface area (Å²) in [5.74, 6) is -2.21. The molecule has 134 valence electrons. The minimum absolute atomic E-state index is 0.173. The molecule has 2 aromatic heterocycles. The molecule has 27 heavy (non-hydrogen) atoms. The van der Waals surface area contributed by atoms with Gasteiger partial charge in [-0.1, -0.05) is 18.2 Å². The maximum atomic E-state index is 14.3. The zero-order valence-electron chi connectivity index (χ0n) is 13.7. The number of carbonyl (C=O) groups excluding carboxylic acids is 1. The Morgan fingerprint density at radius 2 is 1.70 bits per heavy atom. The van der Waals surface area contributed by atoms with E-state index < -0.39 is 23.1 Å². The number of aromatic amines is 1. The van der Waals surface area contributed by atoms with Gasteiger partial charge in [0, 0.05) is 17.3 Å². The molecular formula is C19H12F2N4O2. The van der Waals surface area contributed by atoms with E-state index in [2.05, 4.69) is 10.1 Å². The molecule has 4 rings (SSSR count). The summed E-state index contributed by atoms with van der Waals surface area (Å²) >= 11 is 0. The molecule has 0 bridgehead atoms. The number of rotatable bonds is 3. The lowest BCUT2D eigenvalue weighted by Crippen LogP contribution is -2.10. The lowest BCUT2D eigenvalue weighted by Gasteiger charge is -2.06. The van der Waals surface area contributed by atoms with Gasteiger partial charge in [0.05, 0.1) is 10.9 Å². The van der Waals surface area contributed by atoms with E-state index in [1.165, 1.54) is 30.5 Å². The number of amides is 1. The van der Waals surface area contributed by atoms with Crippen molar-refractivity contribution in [3.05, 3.63) is 82.3 Å². The number of halogens is 2. The van der Waals surface area contributed by atoms with E-state index in [-0.39, 0.29) is 27.8 Å². The number of para-hydroxylation sites is 1. The van der Waals surface area contributed by atoms with Crippen molar-refractivity contribution in [2.24, 2.45) is 5.73 Å². The van der Waals surface area contributed by atoms with E-state index in [0.717, 1.165) is 16.8 Å². The molecule has 0 unspecified atom stereocenters. The number of hydrogen-bond acceptors (Lipinski definition) is 3. The van der Waals surface area contributed by atoms with Gasteiger partial charge < -0.3 is 10.7 Å². The summed E-state index contributed by atoms with van der Waals surface area (Å²) in [5, 5.41) is 4.46. The molecule has 0 radical (unpaired) electrons. The Balaban J connectivity index is 2.03. The second-order valence-corrected chi connectivity index (χ2v) is 5.84. The number of nitrogens with two attached hydrogens (primary N) is 1. The summed E-state index contributed by atoms with van der Waals surface area (Å²) in [7, 11) is 0.